The van der Waals surface area contributed by atoms with Gasteiger partial charge in [-0.05, 0) is 82.5 Å². The van der Waals surface area contributed by atoms with E-state index in [9.17, 15) is 0 Å². The molecule has 0 aliphatic heterocycles. The van der Waals surface area contributed by atoms with Gasteiger partial charge in [0.2, 0.25) is 0 Å². The van der Waals surface area contributed by atoms with E-state index in [1.165, 1.54) is 24.0 Å². The molecular weight excluding hydrogens is 242 g/mol. The molecule has 0 aromatic heterocycles. The molecule has 0 fully saturated rings. The van der Waals surface area contributed by atoms with E-state index in [2.05, 4.69) is 72.0 Å². The van der Waals surface area contributed by atoms with Gasteiger partial charge in [0.05, 0.1) is 0 Å². The highest BCUT2D eigenvalue weighted by Crippen LogP contribution is 2.22. The van der Waals surface area contributed by atoms with Gasteiger partial charge in [0.1, 0.15) is 0 Å². The molecule has 1 atom stereocenters. The topological polar surface area (TPSA) is 12.0 Å². The maximum atomic E-state index is 3.69. The van der Waals surface area contributed by atoms with E-state index in [4.69, 9.17) is 0 Å². The van der Waals surface area contributed by atoms with Crippen LogP contribution in [0.2, 0.25) is 0 Å². The smallest absolute Gasteiger partial charge is 0.00966 e. The first kappa shape index (κ1) is 17.2. The highest BCUT2D eigenvalue weighted by atomic mass is 14.9. The van der Waals surface area contributed by atoms with Crippen LogP contribution in [0.1, 0.15) is 57.7 Å². The average Bonchev–Trinajstić information content (AvgIpc) is 2.29. The summed E-state index contributed by atoms with van der Waals surface area (Å²) in [5.41, 5.74) is 4.63. The molecule has 1 N–H and O–H groups in total. The molecule has 1 aromatic carbocycles. The minimum Gasteiger partial charge on any atom is -0.312 e. The normalized spacial score (nSPS) is 13.8. The van der Waals surface area contributed by atoms with Gasteiger partial charge >= 0.3 is 0 Å². The van der Waals surface area contributed by atoms with Crippen molar-refractivity contribution in [3.63, 3.8) is 0 Å². The summed E-state index contributed by atoms with van der Waals surface area (Å²) < 4.78 is 0. The number of hydrogen-bond acceptors (Lipinski definition) is 1. The van der Waals surface area contributed by atoms with E-state index in [0.717, 1.165) is 12.5 Å². The van der Waals surface area contributed by atoms with E-state index in [1.54, 1.807) is 5.56 Å². The summed E-state index contributed by atoms with van der Waals surface area (Å²) in [6, 6.07) is 6.65. The molecule has 1 aromatic rings. The van der Waals surface area contributed by atoms with Crippen LogP contribution in [0.4, 0.5) is 0 Å². The maximum Gasteiger partial charge on any atom is 0.00966 e. The highest BCUT2D eigenvalue weighted by Gasteiger charge is 2.17. The Bertz CT molecular complexity index is 392. The van der Waals surface area contributed by atoms with Crippen molar-refractivity contribution in [1.29, 1.82) is 0 Å². The lowest BCUT2D eigenvalue weighted by molar-refractivity contribution is 0.331. The van der Waals surface area contributed by atoms with Crippen LogP contribution in [-0.4, -0.2) is 12.1 Å². The lowest BCUT2D eigenvalue weighted by atomic mass is 9.87. The number of hydrogen-bond donors (Lipinski definition) is 1. The first-order valence-electron chi connectivity index (χ1n) is 7.99. The Labute approximate surface area is 126 Å². The first-order chi connectivity index (χ1) is 9.19. The molecule has 0 bridgehead atoms. The van der Waals surface area contributed by atoms with Gasteiger partial charge in [-0.2, -0.15) is 0 Å². The molecule has 1 nitrogen and oxygen atoms in total. The fourth-order valence-electron chi connectivity index (χ4n) is 2.82. The predicted molar refractivity (Wildman–Crippen MR) is 90.3 cm³/mol. The van der Waals surface area contributed by atoms with Crippen LogP contribution < -0.4 is 5.32 Å². The second-order valence-corrected chi connectivity index (χ2v) is 7.70. The van der Waals surface area contributed by atoms with Gasteiger partial charge in [0, 0.05) is 5.54 Å². The SMILES string of the molecule is Cc1cccc(C)c1CC(CNC(C)(C)C)CC(C)C. The molecule has 0 aliphatic rings. The van der Waals surface area contributed by atoms with Gasteiger partial charge in [-0.3, -0.25) is 0 Å². The summed E-state index contributed by atoms with van der Waals surface area (Å²) in [5, 5.41) is 3.69. The highest BCUT2D eigenvalue weighted by molar-refractivity contribution is 5.33. The number of aryl methyl sites for hydroxylation is 2. The second kappa shape index (κ2) is 7.26. The number of nitrogens with one attached hydrogen (secondary N) is 1. The minimum atomic E-state index is 0.204. The molecule has 0 radical (unpaired) electrons. The molecular formula is C19H33N. The summed E-state index contributed by atoms with van der Waals surface area (Å²) in [6.45, 7) is 17.0. The molecule has 1 rings (SSSR count). The van der Waals surface area contributed by atoms with Crippen molar-refractivity contribution in [2.45, 2.75) is 66.8 Å². The minimum absolute atomic E-state index is 0.204. The van der Waals surface area contributed by atoms with Crippen molar-refractivity contribution in [3.8, 4) is 0 Å². The van der Waals surface area contributed by atoms with Crippen molar-refractivity contribution in [1.82, 2.24) is 5.32 Å². The van der Waals surface area contributed by atoms with Crippen molar-refractivity contribution < 1.29 is 0 Å². The van der Waals surface area contributed by atoms with Crippen molar-refractivity contribution >= 4 is 0 Å². The van der Waals surface area contributed by atoms with E-state index in [0.29, 0.717) is 5.92 Å². The lowest BCUT2D eigenvalue weighted by Gasteiger charge is -2.27. The Kier molecular flexibility index (Phi) is 6.26. The molecule has 0 heterocycles. The number of benzene rings is 1. The standard InChI is InChI=1S/C19H33N/c1-14(2)11-17(13-20-19(5,6)7)12-18-15(3)9-8-10-16(18)4/h8-10,14,17,20H,11-13H2,1-7H3. The van der Waals surface area contributed by atoms with Crippen LogP contribution in [-0.2, 0) is 6.42 Å². The zero-order chi connectivity index (χ0) is 15.3. The fourth-order valence-corrected chi connectivity index (χ4v) is 2.82. The molecule has 0 saturated carbocycles. The Morgan fingerprint density at radius 1 is 1.05 bits per heavy atom. The monoisotopic (exact) mass is 275 g/mol. The summed E-state index contributed by atoms with van der Waals surface area (Å²) in [6.07, 6.45) is 2.48. The van der Waals surface area contributed by atoms with E-state index >= 15 is 0 Å². The second-order valence-electron chi connectivity index (χ2n) is 7.70. The van der Waals surface area contributed by atoms with Gasteiger partial charge < -0.3 is 5.32 Å². The Balaban J connectivity index is 2.78. The molecule has 0 spiro atoms. The average molecular weight is 275 g/mol. The number of rotatable bonds is 6. The Morgan fingerprint density at radius 3 is 2.05 bits per heavy atom. The molecule has 0 saturated heterocycles. The van der Waals surface area contributed by atoms with Crippen molar-refractivity contribution in [2.24, 2.45) is 11.8 Å². The molecule has 114 valence electrons. The Hall–Kier alpha value is -0.820. The molecule has 1 unspecified atom stereocenters. The van der Waals surface area contributed by atoms with Crippen LogP contribution >= 0.6 is 0 Å². The third kappa shape index (κ3) is 6.09. The van der Waals surface area contributed by atoms with Crippen LogP contribution in [0, 0.1) is 25.7 Å². The predicted octanol–water partition coefficient (Wildman–Crippen LogP) is 4.90. The van der Waals surface area contributed by atoms with E-state index in [1.807, 2.05) is 0 Å². The van der Waals surface area contributed by atoms with Gasteiger partial charge in [-0.15, -0.1) is 0 Å². The van der Waals surface area contributed by atoms with Crippen LogP contribution in [0.3, 0.4) is 0 Å². The van der Waals surface area contributed by atoms with E-state index in [-0.39, 0.29) is 5.54 Å². The van der Waals surface area contributed by atoms with Crippen LogP contribution in [0.15, 0.2) is 18.2 Å². The van der Waals surface area contributed by atoms with Gasteiger partial charge in [-0.1, -0.05) is 32.0 Å². The summed E-state index contributed by atoms with van der Waals surface area (Å²) >= 11 is 0. The third-order valence-electron chi connectivity index (χ3n) is 3.86. The van der Waals surface area contributed by atoms with Crippen LogP contribution in [0.5, 0.6) is 0 Å². The zero-order valence-corrected chi connectivity index (χ0v) is 14.5. The zero-order valence-electron chi connectivity index (χ0n) is 14.5. The van der Waals surface area contributed by atoms with Crippen molar-refractivity contribution in [2.75, 3.05) is 6.54 Å². The largest absolute Gasteiger partial charge is 0.312 e. The van der Waals surface area contributed by atoms with Crippen molar-refractivity contribution in [3.05, 3.63) is 34.9 Å². The van der Waals surface area contributed by atoms with Crippen LogP contribution in [0.25, 0.3) is 0 Å². The summed E-state index contributed by atoms with van der Waals surface area (Å²) in [5.74, 6) is 1.47. The van der Waals surface area contributed by atoms with Gasteiger partial charge in [0.15, 0.2) is 0 Å². The molecule has 1 heteroatoms. The summed E-state index contributed by atoms with van der Waals surface area (Å²) in [4.78, 5) is 0. The summed E-state index contributed by atoms with van der Waals surface area (Å²) in [7, 11) is 0. The first-order valence-corrected chi connectivity index (χ1v) is 7.99. The van der Waals surface area contributed by atoms with Gasteiger partial charge in [0.25, 0.3) is 0 Å². The fraction of sp³-hybridized carbons (Fsp3) is 0.684. The van der Waals surface area contributed by atoms with Gasteiger partial charge in [-0.25, -0.2) is 0 Å². The quantitative estimate of drug-likeness (QED) is 0.779. The maximum absolute atomic E-state index is 3.69. The third-order valence-corrected chi connectivity index (χ3v) is 3.86. The molecule has 0 amide bonds. The lowest BCUT2D eigenvalue weighted by Crippen LogP contribution is -2.40. The molecule has 0 aliphatic carbocycles. The van der Waals surface area contributed by atoms with E-state index < -0.39 is 0 Å². The Morgan fingerprint density at radius 2 is 1.60 bits per heavy atom. The molecule has 20 heavy (non-hydrogen) atoms.